The molecule has 1 fully saturated rings. The molecule has 1 aliphatic heterocycles. The van der Waals surface area contributed by atoms with E-state index in [0.29, 0.717) is 5.92 Å². The van der Waals surface area contributed by atoms with Gasteiger partial charge in [-0.25, -0.2) is 0 Å². The van der Waals surface area contributed by atoms with Crippen LogP contribution in [0.2, 0.25) is 0 Å². The van der Waals surface area contributed by atoms with Gasteiger partial charge < -0.3 is 4.74 Å². The highest BCUT2D eigenvalue weighted by Crippen LogP contribution is 2.62. The molecule has 2 aliphatic rings. The minimum Gasteiger partial charge on any atom is -0.493 e. The molecule has 17 heavy (non-hydrogen) atoms. The first-order valence-electron chi connectivity index (χ1n) is 6.19. The van der Waals surface area contributed by atoms with Gasteiger partial charge in [-0.15, -0.1) is 0 Å². The van der Waals surface area contributed by atoms with Crippen molar-refractivity contribution >= 4 is 0 Å². The lowest BCUT2D eigenvalue weighted by Crippen LogP contribution is -2.22. The van der Waals surface area contributed by atoms with E-state index in [1.165, 1.54) is 17.5 Å². The maximum atomic E-state index is 5.82. The summed E-state index contributed by atoms with van der Waals surface area (Å²) in [6.07, 6.45) is 1.23. The molecule has 0 aromatic heterocycles. The molecular formula is C16H14O. The second-order valence-corrected chi connectivity index (χ2v) is 5.05. The molecule has 1 aliphatic carbocycles. The van der Waals surface area contributed by atoms with Crippen molar-refractivity contribution in [2.24, 2.45) is 5.92 Å². The van der Waals surface area contributed by atoms with Gasteiger partial charge in [-0.05, 0) is 18.1 Å². The van der Waals surface area contributed by atoms with E-state index in [0.717, 1.165) is 12.4 Å². The third-order valence-electron chi connectivity index (χ3n) is 4.20. The normalized spacial score (nSPS) is 28.8. The number of rotatable bonds is 1. The highest BCUT2D eigenvalue weighted by molar-refractivity contribution is 5.54. The van der Waals surface area contributed by atoms with E-state index in [1.54, 1.807) is 0 Å². The van der Waals surface area contributed by atoms with Crippen molar-refractivity contribution in [2.75, 3.05) is 6.61 Å². The van der Waals surface area contributed by atoms with E-state index in [4.69, 9.17) is 4.74 Å². The molecule has 0 spiro atoms. The van der Waals surface area contributed by atoms with Crippen LogP contribution < -0.4 is 4.74 Å². The minimum absolute atomic E-state index is 0.246. The number of hydrogen-bond donors (Lipinski definition) is 0. The van der Waals surface area contributed by atoms with Gasteiger partial charge >= 0.3 is 0 Å². The van der Waals surface area contributed by atoms with Gasteiger partial charge in [0.05, 0.1) is 6.61 Å². The third kappa shape index (κ3) is 1.14. The number of para-hydroxylation sites is 1. The zero-order chi connectivity index (χ0) is 11.3. The van der Waals surface area contributed by atoms with Crippen molar-refractivity contribution in [3.63, 3.8) is 0 Å². The smallest absolute Gasteiger partial charge is 0.123 e. The van der Waals surface area contributed by atoms with Crippen LogP contribution >= 0.6 is 0 Å². The Bertz CT molecular complexity index is 561. The van der Waals surface area contributed by atoms with Crippen LogP contribution in [0.1, 0.15) is 17.5 Å². The van der Waals surface area contributed by atoms with E-state index >= 15 is 0 Å². The second-order valence-electron chi connectivity index (χ2n) is 5.05. The number of hydrogen-bond acceptors (Lipinski definition) is 1. The zero-order valence-electron chi connectivity index (χ0n) is 9.60. The van der Waals surface area contributed by atoms with Gasteiger partial charge in [0.2, 0.25) is 0 Å². The number of fused-ring (bicyclic) bond motifs is 3. The summed E-state index contributed by atoms with van der Waals surface area (Å²) >= 11 is 0. The molecule has 0 amide bonds. The SMILES string of the molecule is c1ccc(C23CC2COc2ccccc23)cc1. The van der Waals surface area contributed by atoms with E-state index in [-0.39, 0.29) is 5.41 Å². The summed E-state index contributed by atoms with van der Waals surface area (Å²) in [5.74, 6) is 1.74. The van der Waals surface area contributed by atoms with Gasteiger partial charge in [0, 0.05) is 16.9 Å². The maximum absolute atomic E-state index is 5.82. The Balaban J connectivity index is 1.92. The maximum Gasteiger partial charge on any atom is 0.123 e. The lowest BCUT2D eigenvalue weighted by molar-refractivity contribution is 0.267. The monoisotopic (exact) mass is 222 g/mol. The molecule has 2 aromatic carbocycles. The molecule has 0 saturated heterocycles. The molecule has 2 aromatic rings. The van der Waals surface area contributed by atoms with Crippen LogP contribution in [-0.4, -0.2) is 6.61 Å². The van der Waals surface area contributed by atoms with E-state index in [2.05, 4.69) is 54.6 Å². The van der Waals surface area contributed by atoms with Gasteiger partial charge in [-0.2, -0.15) is 0 Å². The Morgan fingerprint density at radius 1 is 0.941 bits per heavy atom. The third-order valence-corrected chi connectivity index (χ3v) is 4.20. The van der Waals surface area contributed by atoms with Crippen LogP contribution in [-0.2, 0) is 5.41 Å². The fraction of sp³-hybridized carbons (Fsp3) is 0.250. The number of benzene rings is 2. The average Bonchev–Trinajstić information content (AvgIpc) is 3.16. The molecule has 1 heterocycles. The van der Waals surface area contributed by atoms with Gasteiger partial charge in [0.25, 0.3) is 0 Å². The molecule has 1 nitrogen and oxygen atoms in total. The van der Waals surface area contributed by atoms with Crippen LogP contribution in [0.3, 0.4) is 0 Å². The summed E-state index contributed by atoms with van der Waals surface area (Å²) in [5, 5.41) is 0. The quantitative estimate of drug-likeness (QED) is 0.718. The lowest BCUT2D eigenvalue weighted by atomic mass is 9.84. The van der Waals surface area contributed by atoms with E-state index < -0.39 is 0 Å². The molecule has 1 saturated carbocycles. The van der Waals surface area contributed by atoms with Crippen LogP contribution in [0, 0.1) is 5.92 Å². The first-order valence-corrected chi connectivity index (χ1v) is 6.19. The summed E-state index contributed by atoms with van der Waals surface area (Å²) < 4.78 is 5.82. The van der Waals surface area contributed by atoms with Gasteiger partial charge in [0.15, 0.2) is 0 Å². The van der Waals surface area contributed by atoms with Crippen molar-refractivity contribution in [3.8, 4) is 5.75 Å². The minimum atomic E-state index is 0.246. The first kappa shape index (κ1) is 9.29. The Morgan fingerprint density at radius 3 is 2.59 bits per heavy atom. The molecule has 1 heteroatoms. The highest BCUT2D eigenvalue weighted by atomic mass is 16.5. The Morgan fingerprint density at radius 2 is 1.71 bits per heavy atom. The summed E-state index contributed by atoms with van der Waals surface area (Å²) in [5.41, 5.74) is 3.07. The lowest BCUT2D eigenvalue weighted by Gasteiger charge is -2.26. The first-order chi connectivity index (χ1) is 8.41. The van der Waals surface area contributed by atoms with Gasteiger partial charge in [-0.1, -0.05) is 48.5 Å². The predicted octanol–water partition coefficient (Wildman–Crippen LogP) is 3.39. The van der Waals surface area contributed by atoms with Crippen molar-refractivity contribution < 1.29 is 4.74 Å². The molecule has 2 unspecified atom stereocenters. The second kappa shape index (κ2) is 3.13. The Hall–Kier alpha value is -1.76. The molecule has 0 bridgehead atoms. The summed E-state index contributed by atoms with van der Waals surface area (Å²) in [6, 6.07) is 19.4. The largest absolute Gasteiger partial charge is 0.493 e. The van der Waals surface area contributed by atoms with Crippen molar-refractivity contribution in [1.29, 1.82) is 0 Å². The Kier molecular flexibility index (Phi) is 1.71. The molecule has 2 atom stereocenters. The van der Waals surface area contributed by atoms with Crippen molar-refractivity contribution in [2.45, 2.75) is 11.8 Å². The summed E-state index contributed by atoms with van der Waals surface area (Å²) in [4.78, 5) is 0. The molecular weight excluding hydrogens is 208 g/mol. The topological polar surface area (TPSA) is 9.23 Å². The number of ether oxygens (including phenoxy) is 1. The Labute approximate surface area is 101 Å². The van der Waals surface area contributed by atoms with Crippen LogP contribution in [0.25, 0.3) is 0 Å². The van der Waals surface area contributed by atoms with Crippen LogP contribution in [0.15, 0.2) is 54.6 Å². The van der Waals surface area contributed by atoms with Crippen molar-refractivity contribution in [3.05, 3.63) is 65.7 Å². The predicted molar refractivity (Wildman–Crippen MR) is 67.3 cm³/mol. The zero-order valence-corrected chi connectivity index (χ0v) is 9.60. The molecule has 84 valence electrons. The standard InChI is InChI=1S/C16H14O/c1-2-6-12(7-3-1)16-10-13(16)11-17-15-9-5-4-8-14(15)16/h1-9,13H,10-11H2. The molecule has 0 N–H and O–H groups in total. The van der Waals surface area contributed by atoms with Crippen LogP contribution in [0.5, 0.6) is 5.75 Å². The fourth-order valence-electron chi connectivity index (χ4n) is 3.26. The average molecular weight is 222 g/mol. The molecule has 0 radical (unpaired) electrons. The fourth-order valence-corrected chi connectivity index (χ4v) is 3.26. The molecule has 4 rings (SSSR count). The van der Waals surface area contributed by atoms with Crippen LogP contribution in [0.4, 0.5) is 0 Å². The van der Waals surface area contributed by atoms with E-state index in [1.807, 2.05) is 0 Å². The van der Waals surface area contributed by atoms with E-state index in [9.17, 15) is 0 Å². The van der Waals surface area contributed by atoms with Crippen molar-refractivity contribution in [1.82, 2.24) is 0 Å². The van der Waals surface area contributed by atoms with Gasteiger partial charge in [0.1, 0.15) is 5.75 Å². The summed E-state index contributed by atoms with van der Waals surface area (Å²) in [6.45, 7) is 0.867. The summed E-state index contributed by atoms with van der Waals surface area (Å²) in [7, 11) is 0. The highest BCUT2D eigenvalue weighted by Gasteiger charge is 2.59. The van der Waals surface area contributed by atoms with Gasteiger partial charge in [-0.3, -0.25) is 0 Å².